The molecule has 3 unspecified atom stereocenters. The van der Waals surface area contributed by atoms with E-state index in [-0.39, 0.29) is 12.0 Å². The molecule has 0 heterocycles. The molecule has 1 rings (SSSR count). The highest BCUT2D eigenvalue weighted by Gasteiger charge is 2.39. The van der Waals surface area contributed by atoms with Crippen molar-refractivity contribution in [1.82, 2.24) is 5.32 Å². The van der Waals surface area contributed by atoms with Gasteiger partial charge in [-0.25, -0.2) is 0 Å². The van der Waals surface area contributed by atoms with Crippen molar-refractivity contribution in [2.75, 3.05) is 20.3 Å². The summed E-state index contributed by atoms with van der Waals surface area (Å²) < 4.78 is 5.25. The van der Waals surface area contributed by atoms with Crippen LogP contribution in [0.5, 0.6) is 0 Å². The van der Waals surface area contributed by atoms with Gasteiger partial charge in [0.15, 0.2) is 0 Å². The molecule has 3 atom stereocenters. The zero-order valence-electron chi connectivity index (χ0n) is 11.1. The first kappa shape index (κ1) is 13.9. The van der Waals surface area contributed by atoms with Gasteiger partial charge in [0.2, 0.25) is 0 Å². The molecule has 0 aromatic carbocycles. The Labute approximate surface area is 99.6 Å². The SMILES string of the molecule is COCC(NC1CCCC1(C)CO)C(C)C. The van der Waals surface area contributed by atoms with Crippen molar-refractivity contribution in [2.45, 2.75) is 52.1 Å². The Morgan fingerprint density at radius 1 is 1.50 bits per heavy atom. The Morgan fingerprint density at radius 3 is 2.69 bits per heavy atom. The minimum atomic E-state index is 0.0564. The van der Waals surface area contributed by atoms with Crippen molar-refractivity contribution in [3.8, 4) is 0 Å². The molecule has 0 radical (unpaired) electrons. The molecule has 0 saturated heterocycles. The lowest BCUT2D eigenvalue weighted by molar-refractivity contribution is 0.0882. The van der Waals surface area contributed by atoms with Gasteiger partial charge in [0.25, 0.3) is 0 Å². The van der Waals surface area contributed by atoms with Crippen LogP contribution in [0.3, 0.4) is 0 Å². The van der Waals surface area contributed by atoms with E-state index in [2.05, 4.69) is 26.1 Å². The molecule has 0 spiro atoms. The molecule has 96 valence electrons. The summed E-state index contributed by atoms with van der Waals surface area (Å²) in [5.74, 6) is 0.559. The molecule has 1 saturated carbocycles. The average Bonchev–Trinajstić information content (AvgIpc) is 2.60. The summed E-state index contributed by atoms with van der Waals surface area (Å²) in [4.78, 5) is 0. The monoisotopic (exact) mass is 229 g/mol. The maximum Gasteiger partial charge on any atom is 0.0618 e. The Balaban J connectivity index is 2.56. The summed E-state index contributed by atoms with van der Waals surface area (Å²) in [6.45, 7) is 7.63. The van der Waals surface area contributed by atoms with E-state index in [0.29, 0.717) is 18.0 Å². The third kappa shape index (κ3) is 3.19. The molecule has 16 heavy (non-hydrogen) atoms. The third-order valence-corrected chi connectivity index (χ3v) is 4.01. The van der Waals surface area contributed by atoms with Crippen LogP contribution in [0.1, 0.15) is 40.0 Å². The predicted octanol–water partition coefficient (Wildman–Crippen LogP) is 1.80. The molecular formula is C13H27NO2. The summed E-state index contributed by atoms with van der Waals surface area (Å²) in [5, 5.41) is 13.2. The number of nitrogens with one attached hydrogen (secondary N) is 1. The Kier molecular flexibility index (Phi) is 5.22. The molecule has 0 aromatic heterocycles. The molecular weight excluding hydrogens is 202 g/mol. The van der Waals surface area contributed by atoms with Crippen LogP contribution in [0.4, 0.5) is 0 Å². The van der Waals surface area contributed by atoms with E-state index in [4.69, 9.17) is 4.74 Å². The van der Waals surface area contributed by atoms with E-state index in [1.54, 1.807) is 7.11 Å². The fourth-order valence-electron chi connectivity index (χ4n) is 2.58. The number of hydrogen-bond donors (Lipinski definition) is 2. The molecule has 1 aliphatic rings. The largest absolute Gasteiger partial charge is 0.396 e. The number of ether oxygens (including phenoxy) is 1. The zero-order chi connectivity index (χ0) is 12.2. The van der Waals surface area contributed by atoms with Crippen molar-refractivity contribution in [3.05, 3.63) is 0 Å². The maximum atomic E-state index is 9.51. The van der Waals surface area contributed by atoms with Gasteiger partial charge in [-0.3, -0.25) is 0 Å². The van der Waals surface area contributed by atoms with Gasteiger partial charge in [0.1, 0.15) is 0 Å². The summed E-state index contributed by atoms with van der Waals surface area (Å²) >= 11 is 0. The van der Waals surface area contributed by atoms with E-state index in [1.807, 2.05) is 0 Å². The van der Waals surface area contributed by atoms with E-state index in [1.165, 1.54) is 12.8 Å². The van der Waals surface area contributed by atoms with Crippen LogP contribution < -0.4 is 5.32 Å². The van der Waals surface area contributed by atoms with E-state index >= 15 is 0 Å². The standard InChI is InChI=1S/C13H27NO2/c1-10(2)11(8-16-4)14-12-6-5-7-13(12,3)9-15/h10-12,14-15H,5-9H2,1-4H3. The van der Waals surface area contributed by atoms with Gasteiger partial charge in [-0.15, -0.1) is 0 Å². The van der Waals surface area contributed by atoms with E-state index < -0.39 is 0 Å². The fourth-order valence-corrected chi connectivity index (χ4v) is 2.58. The fraction of sp³-hybridized carbons (Fsp3) is 1.00. The van der Waals surface area contributed by atoms with E-state index in [9.17, 15) is 5.11 Å². The Morgan fingerprint density at radius 2 is 2.19 bits per heavy atom. The van der Waals surface area contributed by atoms with Crippen LogP contribution in [0.25, 0.3) is 0 Å². The molecule has 0 aliphatic heterocycles. The lowest BCUT2D eigenvalue weighted by Gasteiger charge is -2.34. The minimum Gasteiger partial charge on any atom is -0.396 e. The van der Waals surface area contributed by atoms with Crippen LogP contribution >= 0.6 is 0 Å². The van der Waals surface area contributed by atoms with Gasteiger partial charge in [0.05, 0.1) is 6.61 Å². The van der Waals surface area contributed by atoms with Gasteiger partial charge >= 0.3 is 0 Å². The third-order valence-electron chi connectivity index (χ3n) is 4.01. The Hall–Kier alpha value is -0.120. The highest BCUT2D eigenvalue weighted by atomic mass is 16.5. The summed E-state index contributed by atoms with van der Waals surface area (Å²) in [6.07, 6.45) is 3.51. The first-order valence-corrected chi connectivity index (χ1v) is 6.39. The lowest BCUT2D eigenvalue weighted by Crippen LogP contribution is -2.50. The van der Waals surface area contributed by atoms with Gasteiger partial charge in [-0.1, -0.05) is 27.2 Å². The molecule has 0 amide bonds. The summed E-state index contributed by atoms with van der Waals surface area (Å²) in [6, 6.07) is 0.819. The maximum absolute atomic E-state index is 9.51. The van der Waals surface area contributed by atoms with Crippen LogP contribution in [0, 0.1) is 11.3 Å². The number of rotatable bonds is 6. The lowest BCUT2D eigenvalue weighted by atomic mass is 9.85. The van der Waals surface area contributed by atoms with Crippen molar-refractivity contribution < 1.29 is 9.84 Å². The zero-order valence-corrected chi connectivity index (χ0v) is 11.1. The van der Waals surface area contributed by atoms with Gasteiger partial charge < -0.3 is 15.2 Å². The predicted molar refractivity (Wildman–Crippen MR) is 66.5 cm³/mol. The topological polar surface area (TPSA) is 41.5 Å². The second-order valence-electron chi connectivity index (χ2n) is 5.73. The van der Waals surface area contributed by atoms with Gasteiger partial charge in [-0.05, 0) is 18.8 Å². The number of aliphatic hydroxyl groups is 1. The molecule has 3 heteroatoms. The second kappa shape index (κ2) is 5.99. The van der Waals surface area contributed by atoms with Crippen molar-refractivity contribution >= 4 is 0 Å². The molecule has 1 aliphatic carbocycles. The smallest absolute Gasteiger partial charge is 0.0618 e. The number of methoxy groups -OCH3 is 1. The quantitative estimate of drug-likeness (QED) is 0.730. The number of aliphatic hydroxyl groups excluding tert-OH is 1. The molecule has 0 aromatic rings. The van der Waals surface area contributed by atoms with E-state index in [0.717, 1.165) is 13.0 Å². The molecule has 3 nitrogen and oxygen atoms in total. The molecule has 0 bridgehead atoms. The van der Waals surface area contributed by atoms with Crippen molar-refractivity contribution in [3.63, 3.8) is 0 Å². The van der Waals surface area contributed by atoms with Crippen LogP contribution in [-0.2, 0) is 4.74 Å². The highest BCUT2D eigenvalue weighted by molar-refractivity contribution is 4.94. The highest BCUT2D eigenvalue weighted by Crippen LogP contribution is 2.37. The van der Waals surface area contributed by atoms with Crippen molar-refractivity contribution in [2.24, 2.45) is 11.3 Å². The van der Waals surface area contributed by atoms with Crippen LogP contribution in [-0.4, -0.2) is 37.5 Å². The van der Waals surface area contributed by atoms with Crippen LogP contribution in [0.2, 0.25) is 0 Å². The summed E-state index contributed by atoms with van der Waals surface area (Å²) in [5.41, 5.74) is 0.0564. The summed E-state index contributed by atoms with van der Waals surface area (Å²) in [7, 11) is 1.75. The molecule has 2 N–H and O–H groups in total. The second-order valence-corrected chi connectivity index (χ2v) is 5.73. The average molecular weight is 229 g/mol. The normalized spacial score (nSPS) is 32.2. The van der Waals surface area contributed by atoms with Gasteiger partial charge in [-0.2, -0.15) is 0 Å². The van der Waals surface area contributed by atoms with Gasteiger partial charge in [0, 0.05) is 31.2 Å². The minimum absolute atomic E-state index is 0.0564. The van der Waals surface area contributed by atoms with Crippen molar-refractivity contribution in [1.29, 1.82) is 0 Å². The van der Waals surface area contributed by atoms with Crippen LogP contribution in [0.15, 0.2) is 0 Å². The number of hydrogen-bond acceptors (Lipinski definition) is 3. The molecule has 1 fully saturated rings. The first-order chi connectivity index (χ1) is 7.53. The Bertz CT molecular complexity index is 208. The first-order valence-electron chi connectivity index (χ1n) is 6.39.